The van der Waals surface area contributed by atoms with Gasteiger partial charge in [0.25, 0.3) is 11.4 Å². The van der Waals surface area contributed by atoms with Gasteiger partial charge in [0.1, 0.15) is 11.4 Å². The lowest BCUT2D eigenvalue weighted by molar-refractivity contribution is 0.0488. The lowest BCUT2D eigenvalue weighted by Gasteiger charge is -2.20. The van der Waals surface area contributed by atoms with Gasteiger partial charge in [-0.2, -0.15) is 0 Å². The van der Waals surface area contributed by atoms with Crippen molar-refractivity contribution in [1.29, 1.82) is 0 Å². The molecule has 2 aromatic carbocycles. The van der Waals surface area contributed by atoms with E-state index in [2.05, 4.69) is 30.9 Å². The maximum absolute atomic E-state index is 12.2. The molecule has 0 bridgehead atoms. The summed E-state index contributed by atoms with van der Waals surface area (Å²) in [5, 5.41) is 38.6. The van der Waals surface area contributed by atoms with Crippen LogP contribution in [0.2, 0.25) is 0 Å². The van der Waals surface area contributed by atoms with Crippen LogP contribution in [0.1, 0.15) is 38.3 Å². The number of nitrogens with zero attached hydrogens (tertiary/aromatic N) is 4. The number of aromatic amines is 1. The predicted molar refractivity (Wildman–Crippen MR) is 144 cm³/mol. The van der Waals surface area contributed by atoms with E-state index in [4.69, 9.17) is 4.42 Å². The molecule has 0 unspecified atom stereocenters. The SMILES string of the molecule is CCn1[nH]c(=O)c2ccc(Nc3cc(N[C@H](CO)c4ccccc4)c(-c4nnc(C(C)(C)O)o4)cn3)cc21. The lowest BCUT2D eigenvalue weighted by Crippen LogP contribution is -2.16. The van der Waals surface area contributed by atoms with Crippen LogP contribution in [0.5, 0.6) is 0 Å². The molecule has 11 heteroatoms. The van der Waals surface area contributed by atoms with E-state index >= 15 is 0 Å². The van der Waals surface area contributed by atoms with Crippen LogP contribution in [0, 0.1) is 0 Å². The third-order valence-corrected chi connectivity index (χ3v) is 6.16. The van der Waals surface area contributed by atoms with Crippen molar-refractivity contribution in [1.82, 2.24) is 25.0 Å². The van der Waals surface area contributed by atoms with E-state index in [9.17, 15) is 15.0 Å². The summed E-state index contributed by atoms with van der Waals surface area (Å²) in [7, 11) is 0. The highest BCUT2D eigenvalue weighted by molar-refractivity contribution is 5.83. The molecule has 1 atom stereocenters. The molecule has 0 saturated carbocycles. The second-order valence-corrected chi connectivity index (χ2v) is 9.42. The number of hydrogen-bond donors (Lipinski definition) is 5. The molecule has 0 radical (unpaired) electrons. The zero-order valence-electron chi connectivity index (χ0n) is 21.3. The fourth-order valence-electron chi connectivity index (χ4n) is 4.17. The van der Waals surface area contributed by atoms with Crippen LogP contribution in [0.15, 0.2) is 70.0 Å². The molecule has 5 rings (SSSR count). The normalized spacial score (nSPS) is 12.6. The smallest absolute Gasteiger partial charge is 0.271 e. The number of nitrogens with one attached hydrogen (secondary N) is 3. The van der Waals surface area contributed by atoms with Gasteiger partial charge < -0.3 is 25.3 Å². The number of aromatic nitrogens is 5. The molecule has 0 amide bonds. The average Bonchev–Trinajstić information content (AvgIpc) is 3.53. The van der Waals surface area contributed by atoms with Crippen LogP contribution >= 0.6 is 0 Å². The van der Waals surface area contributed by atoms with Crippen molar-refractivity contribution in [3.63, 3.8) is 0 Å². The molecule has 196 valence electrons. The van der Waals surface area contributed by atoms with Crippen molar-refractivity contribution in [2.75, 3.05) is 17.2 Å². The largest absolute Gasteiger partial charge is 0.417 e. The Morgan fingerprint density at radius 2 is 1.92 bits per heavy atom. The number of aryl methyl sites for hydroxylation is 1. The molecule has 0 spiro atoms. The monoisotopic (exact) mass is 515 g/mol. The molecular weight excluding hydrogens is 486 g/mol. The molecular formula is C27H29N7O4. The Bertz CT molecular complexity index is 1620. The van der Waals surface area contributed by atoms with E-state index in [1.165, 1.54) is 0 Å². The summed E-state index contributed by atoms with van der Waals surface area (Å²) >= 11 is 0. The molecule has 0 aliphatic carbocycles. The fourth-order valence-corrected chi connectivity index (χ4v) is 4.17. The van der Waals surface area contributed by atoms with Gasteiger partial charge in [-0.05, 0) is 44.5 Å². The Morgan fingerprint density at radius 3 is 2.61 bits per heavy atom. The maximum atomic E-state index is 12.2. The zero-order valence-corrected chi connectivity index (χ0v) is 21.3. The molecule has 3 aromatic heterocycles. The third-order valence-electron chi connectivity index (χ3n) is 6.16. The Hall–Kier alpha value is -4.48. The van der Waals surface area contributed by atoms with Crippen LogP contribution in [0.3, 0.4) is 0 Å². The predicted octanol–water partition coefficient (Wildman–Crippen LogP) is 3.91. The van der Waals surface area contributed by atoms with E-state index in [0.29, 0.717) is 29.0 Å². The molecule has 5 N–H and O–H groups in total. The number of anilines is 3. The molecule has 0 saturated heterocycles. The molecule has 11 nitrogen and oxygen atoms in total. The maximum Gasteiger partial charge on any atom is 0.271 e. The van der Waals surface area contributed by atoms with Crippen molar-refractivity contribution in [3.8, 4) is 11.5 Å². The number of H-pyrrole nitrogens is 1. The number of aliphatic hydroxyl groups excluding tert-OH is 1. The Morgan fingerprint density at radius 1 is 1.13 bits per heavy atom. The van der Waals surface area contributed by atoms with Crippen molar-refractivity contribution in [3.05, 3.63) is 82.6 Å². The Labute approximate surface area is 218 Å². The van der Waals surface area contributed by atoms with Crippen LogP contribution in [-0.2, 0) is 12.1 Å². The quantitative estimate of drug-likeness (QED) is 0.196. The first-order chi connectivity index (χ1) is 18.3. The number of aliphatic hydroxyl groups is 2. The fraction of sp³-hybridized carbons (Fsp3) is 0.259. The summed E-state index contributed by atoms with van der Waals surface area (Å²) in [5.74, 6) is 0.766. The van der Waals surface area contributed by atoms with Gasteiger partial charge in [0, 0.05) is 24.5 Å². The Balaban J connectivity index is 1.53. The second-order valence-electron chi connectivity index (χ2n) is 9.42. The first kappa shape index (κ1) is 25.2. The van der Waals surface area contributed by atoms with Gasteiger partial charge in [0.05, 0.1) is 34.8 Å². The van der Waals surface area contributed by atoms with Gasteiger partial charge in [-0.15, -0.1) is 10.2 Å². The van der Waals surface area contributed by atoms with Crippen molar-refractivity contribution < 1.29 is 14.6 Å². The summed E-state index contributed by atoms with van der Waals surface area (Å²) < 4.78 is 7.54. The first-order valence-corrected chi connectivity index (χ1v) is 12.3. The molecule has 0 aliphatic heterocycles. The van der Waals surface area contributed by atoms with Crippen molar-refractivity contribution in [2.45, 2.75) is 39.0 Å². The van der Waals surface area contributed by atoms with Gasteiger partial charge in [-0.3, -0.25) is 14.6 Å². The lowest BCUT2D eigenvalue weighted by atomic mass is 10.1. The van der Waals surface area contributed by atoms with Gasteiger partial charge >= 0.3 is 0 Å². The number of benzene rings is 2. The van der Waals surface area contributed by atoms with E-state index in [0.717, 1.165) is 16.8 Å². The highest BCUT2D eigenvalue weighted by Gasteiger charge is 2.26. The van der Waals surface area contributed by atoms with Gasteiger partial charge in [-0.25, -0.2) is 4.98 Å². The summed E-state index contributed by atoms with van der Waals surface area (Å²) in [5.41, 5.74) is 2.08. The standard InChI is InChI=1S/C27H29N7O4/c1-4-34-22-12-17(10-11-18(22)24(36)33-34)29-23-13-20(30-21(15-35)16-8-6-5-7-9-16)19(14-28-23)25-31-32-26(38-25)27(2,3)37/h5-14,21,35,37H,4,15H2,1-3H3,(H,33,36)(H2,28,29,30)/t21-/m1/s1. The Kier molecular flexibility index (Phi) is 6.70. The number of fused-ring (bicyclic) bond motifs is 1. The summed E-state index contributed by atoms with van der Waals surface area (Å²) in [6.45, 7) is 5.55. The minimum absolute atomic E-state index is 0.0733. The number of pyridine rings is 1. The summed E-state index contributed by atoms with van der Waals surface area (Å²) in [6, 6.07) is 16.4. The summed E-state index contributed by atoms with van der Waals surface area (Å²) in [4.78, 5) is 16.7. The molecule has 0 fully saturated rings. The van der Waals surface area contributed by atoms with E-state index < -0.39 is 11.6 Å². The van der Waals surface area contributed by atoms with Crippen LogP contribution in [-0.4, -0.2) is 41.8 Å². The van der Waals surface area contributed by atoms with Gasteiger partial charge in [0.15, 0.2) is 0 Å². The van der Waals surface area contributed by atoms with Crippen LogP contribution in [0.4, 0.5) is 17.2 Å². The van der Waals surface area contributed by atoms with E-state index in [-0.39, 0.29) is 23.9 Å². The second kappa shape index (κ2) is 10.1. The number of hydrogen-bond acceptors (Lipinski definition) is 9. The summed E-state index contributed by atoms with van der Waals surface area (Å²) in [6.07, 6.45) is 1.59. The van der Waals surface area contributed by atoms with E-state index in [1.807, 2.05) is 49.4 Å². The first-order valence-electron chi connectivity index (χ1n) is 12.3. The topological polar surface area (TPSA) is 154 Å². The number of rotatable bonds is 9. The van der Waals surface area contributed by atoms with Crippen LogP contribution in [0.25, 0.3) is 22.4 Å². The highest BCUT2D eigenvalue weighted by atomic mass is 16.4. The molecule has 5 aromatic rings. The third kappa shape index (κ3) is 5.01. The van der Waals surface area contributed by atoms with Gasteiger partial charge in [0.2, 0.25) is 5.89 Å². The zero-order chi connectivity index (χ0) is 26.9. The minimum Gasteiger partial charge on any atom is -0.417 e. The van der Waals surface area contributed by atoms with Gasteiger partial charge in [-0.1, -0.05) is 30.3 Å². The average molecular weight is 516 g/mol. The van der Waals surface area contributed by atoms with Crippen molar-refractivity contribution >= 4 is 28.1 Å². The van der Waals surface area contributed by atoms with Crippen LogP contribution < -0.4 is 16.2 Å². The van der Waals surface area contributed by atoms with E-state index in [1.54, 1.807) is 36.9 Å². The molecule has 38 heavy (non-hydrogen) atoms. The highest BCUT2D eigenvalue weighted by Crippen LogP contribution is 2.33. The molecule has 0 aliphatic rings. The molecule has 3 heterocycles. The van der Waals surface area contributed by atoms with Crippen molar-refractivity contribution in [2.24, 2.45) is 0 Å². The minimum atomic E-state index is -1.30.